The molecule has 2 aliphatic rings. The third kappa shape index (κ3) is 4.46. The molecule has 0 unspecified atom stereocenters. The normalized spacial score (nSPS) is 19.4. The Morgan fingerprint density at radius 3 is 2.33 bits per heavy atom. The van der Waals surface area contributed by atoms with E-state index in [2.05, 4.69) is 10.6 Å². The fourth-order valence-electron chi connectivity index (χ4n) is 4.59. The van der Waals surface area contributed by atoms with Crippen LogP contribution in [0.5, 0.6) is 0 Å². The second-order valence-corrected chi connectivity index (χ2v) is 10.3. The number of hydrogen-bond acceptors (Lipinski definition) is 4. The first-order valence-electron chi connectivity index (χ1n) is 10.6. The minimum atomic E-state index is -3.33. The molecule has 1 aliphatic heterocycles. The Bertz CT molecular complexity index is 1030. The molecular weight excluding hydrogens is 398 g/mol. The highest BCUT2D eigenvalue weighted by Crippen LogP contribution is 2.34. The smallest absolute Gasteiger partial charge is 0.255 e. The number of anilines is 3. The third-order valence-corrected chi connectivity index (χ3v) is 7.24. The number of sulfonamides is 1. The monoisotopic (exact) mass is 427 g/mol. The van der Waals surface area contributed by atoms with E-state index in [1.54, 1.807) is 18.2 Å². The summed E-state index contributed by atoms with van der Waals surface area (Å²) < 4.78 is 25.6. The summed E-state index contributed by atoms with van der Waals surface area (Å²) in [5.74, 6) is -0.198. The molecule has 1 atom stereocenters. The average Bonchev–Trinajstić information content (AvgIpc) is 3.05. The molecule has 1 amide bonds. The van der Waals surface area contributed by atoms with Crippen LogP contribution in [0.4, 0.5) is 17.1 Å². The average molecular weight is 428 g/mol. The lowest BCUT2D eigenvalue weighted by atomic mass is 9.95. The molecule has 2 aromatic carbocycles. The van der Waals surface area contributed by atoms with Gasteiger partial charge in [0.25, 0.3) is 5.91 Å². The van der Waals surface area contributed by atoms with Gasteiger partial charge in [0.05, 0.1) is 11.9 Å². The third-order valence-electron chi connectivity index (χ3n) is 5.97. The molecule has 0 saturated heterocycles. The first-order valence-corrected chi connectivity index (χ1v) is 12.5. The van der Waals surface area contributed by atoms with Crippen LogP contribution in [0.2, 0.25) is 0 Å². The van der Waals surface area contributed by atoms with Gasteiger partial charge in [-0.3, -0.25) is 9.10 Å². The molecule has 1 aliphatic carbocycles. The van der Waals surface area contributed by atoms with Gasteiger partial charge in [0, 0.05) is 29.0 Å². The van der Waals surface area contributed by atoms with Crippen molar-refractivity contribution in [3.05, 3.63) is 53.6 Å². The first kappa shape index (κ1) is 20.7. The van der Waals surface area contributed by atoms with E-state index in [1.807, 2.05) is 31.2 Å². The molecule has 0 radical (unpaired) electrons. The van der Waals surface area contributed by atoms with E-state index in [4.69, 9.17) is 0 Å². The summed E-state index contributed by atoms with van der Waals surface area (Å²) >= 11 is 0. The lowest BCUT2D eigenvalue weighted by Crippen LogP contribution is -2.34. The summed E-state index contributed by atoms with van der Waals surface area (Å²) in [6.45, 7) is 1.88. The van der Waals surface area contributed by atoms with Crippen LogP contribution in [0.15, 0.2) is 42.5 Å². The van der Waals surface area contributed by atoms with Crippen molar-refractivity contribution >= 4 is 33.0 Å². The SMILES string of the molecule is C[C@H]1Cc2cc(C(=O)Nc3ccc(NC4CCCCC4)cc3)ccc2N1S(C)(=O)=O. The van der Waals surface area contributed by atoms with Crippen LogP contribution in [0.1, 0.15) is 54.9 Å². The number of nitrogens with zero attached hydrogens (tertiary/aromatic N) is 1. The summed E-state index contributed by atoms with van der Waals surface area (Å²) in [5.41, 5.74) is 3.89. The number of benzene rings is 2. The number of carbonyl (C=O) groups excluding carboxylic acids is 1. The number of nitrogens with one attached hydrogen (secondary N) is 2. The molecule has 0 aromatic heterocycles. The van der Waals surface area contributed by atoms with Crippen LogP contribution in [-0.4, -0.2) is 32.7 Å². The molecule has 4 rings (SSSR count). The molecule has 1 fully saturated rings. The number of amides is 1. The zero-order valence-electron chi connectivity index (χ0n) is 17.5. The van der Waals surface area contributed by atoms with Crippen molar-refractivity contribution < 1.29 is 13.2 Å². The maximum Gasteiger partial charge on any atom is 0.255 e. The molecule has 7 heteroatoms. The van der Waals surface area contributed by atoms with Crippen LogP contribution in [0, 0.1) is 0 Å². The van der Waals surface area contributed by atoms with Crippen molar-refractivity contribution in [2.75, 3.05) is 21.2 Å². The molecule has 2 aromatic rings. The van der Waals surface area contributed by atoms with E-state index in [0.717, 1.165) is 16.9 Å². The van der Waals surface area contributed by atoms with Gasteiger partial charge in [-0.25, -0.2) is 8.42 Å². The molecule has 30 heavy (non-hydrogen) atoms. The highest BCUT2D eigenvalue weighted by atomic mass is 32.2. The van der Waals surface area contributed by atoms with Gasteiger partial charge in [0.1, 0.15) is 0 Å². The molecule has 2 N–H and O–H groups in total. The molecule has 160 valence electrons. The van der Waals surface area contributed by atoms with Gasteiger partial charge in [-0.2, -0.15) is 0 Å². The van der Waals surface area contributed by atoms with Gasteiger partial charge in [0.15, 0.2) is 0 Å². The Morgan fingerprint density at radius 1 is 1.00 bits per heavy atom. The quantitative estimate of drug-likeness (QED) is 0.742. The van der Waals surface area contributed by atoms with Crippen molar-refractivity contribution in [3.63, 3.8) is 0 Å². The maximum absolute atomic E-state index is 12.7. The summed E-state index contributed by atoms with van der Waals surface area (Å²) in [4.78, 5) is 12.7. The standard InChI is InChI=1S/C23H29N3O3S/c1-16-14-18-15-17(8-13-22(18)26(16)30(2,28)29)23(27)25-21-11-9-20(10-12-21)24-19-6-4-3-5-7-19/h8-13,15-16,19,24H,3-7,14H2,1-2H3,(H,25,27)/t16-/m0/s1. The zero-order chi connectivity index (χ0) is 21.3. The number of fused-ring (bicyclic) bond motifs is 1. The Balaban J connectivity index is 1.42. The van der Waals surface area contributed by atoms with Crippen molar-refractivity contribution in [2.45, 2.75) is 57.5 Å². The van der Waals surface area contributed by atoms with E-state index in [-0.39, 0.29) is 11.9 Å². The van der Waals surface area contributed by atoms with E-state index in [0.29, 0.717) is 23.7 Å². The molecular formula is C23H29N3O3S. The minimum Gasteiger partial charge on any atom is -0.382 e. The van der Waals surface area contributed by atoms with Crippen molar-refractivity contribution in [3.8, 4) is 0 Å². The van der Waals surface area contributed by atoms with Crippen LogP contribution < -0.4 is 14.9 Å². The zero-order valence-corrected chi connectivity index (χ0v) is 18.3. The topological polar surface area (TPSA) is 78.5 Å². The summed E-state index contributed by atoms with van der Waals surface area (Å²) in [6.07, 6.45) is 8.15. The lowest BCUT2D eigenvalue weighted by Gasteiger charge is -2.24. The van der Waals surface area contributed by atoms with E-state index in [9.17, 15) is 13.2 Å². The summed E-state index contributed by atoms with van der Waals surface area (Å²) in [6, 6.07) is 13.4. The molecule has 0 spiro atoms. The van der Waals surface area contributed by atoms with E-state index in [1.165, 1.54) is 42.7 Å². The van der Waals surface area contributed by atoms with Crippen LogP contribution in [-0.2, 0) is 16.4 Å². The number of hydrogen-bond donors (Lipinski definition) is 2. The molecule has 1 heterocycles. The molecule has 1 saturated carbocycles. The van der Waals surface area contributed by atoms with Crippen LogP contribution in [0.25, 0.3) is 0 Å². The Labute approximate surface area is 178 Å². The minimum absolute atomic E-state index is 0.141. The van der Waals surface area contributed by atoms with E-state index >= 15 is 0 Å². The van der Waals surface area contributed by atoms with Gasteiger partial charge in [0.2, 0.25) is 10.0 Å². The highest BCUT2D eigenvalue weighted by Gasteiger charge is 2.32. The number of carbonyl (C=O) groups is 1. The first-order chi connectivity index (χ1) is 14.3. The van der Waals surface area contributed by atoms with Gasteiger partial charge in [-0.05, 0) is 74.2 Å². The van der Waals surface area contributed by atoms with Gasteiger partial charge in [-0.15, -0.1) is 0 Å². The predicted molar refractivity (Wildman–Crippen MR) is 122 cm³/mol. The lowest BCUT2D eigenvalue weighted by molar-refractivity contribution is 0.102. The van der Waals surface area contributed by atoms with Crippen molar-refractivity contribution in [2.24, 2.45) is 0 Å². The maximum atomic E-state index is 12.7. The Morgan fingerprint density at radius 2 is 1.67 bits per heavy atom. The summed E-state index contributed by atoms with van der Waals surface area (Å²) in [7, 11) is -3.33. The van der Waals surface area contributed by atoms with Gasteiger partial charge in [-0.1, -0.05) is 19.3 Å². The van der Waals surface area contributed by atoms with Crippen molar-refractivity contribution in [1.29, 1.82) is 0 Å². The second kappa shape index (κ2) is 8.30. The predicted octanol–water partition coefficient (Wildman–Crippen LogP) is 4.39. The number of rotatable bonds is 5. The van der Waals surface area contributed by atoms with Crippen LogP contribution in [0.3, 0.4) is 0 Å². The fraction of sp³-hybridized carbons (Fsp3) is 0.435. The van der Waals surface area contributed by atoms with Gasteiger partial charge >= 0.3 is 0 Å². The second-order valence-electron chi connectivity index (χ2n) is 8.47. The van der Waals surface area contributed by atoms with Crippen LogP contribution >= 0.6 is 0 Å². The Hall–Kier alpha value is -2.54. The summed E-state index contributed by atoms with van der Waals surface area (Å²) in [5, 5.41) is 6.51. The Kier molecular flexibility index (Phi) is 5.73. The highest BCUT2D eigenvalue weighted by molar-refractivity contribution is 7.92. The van der Waals surface area contributed by atoms with Gasteiger partial charge < -0.3 is 10.6 Å². The largest absolute Gasteiger partial charge is 0.382 e. The van der Waals surface area contributed by atoms with E-state index < -0.39 is 10.0 Å². The molecule has 6 nitrogen and oxygen atoms in total. The molecule has 0 bridgehead atoms. The van der Waals surface area contributed by atoms with Crippen molar-refractivity contribution in [1.82, 2.24) is 0 Å². The fourth-order valence-corrected chi connectivity index (χ4v) is 5.85.